The first-order valence-corrected chi connectivity index (χ1v) is 9.17. The topological polar surface area (TPSA) is 38.9 Å². The summed E-state index contributed by atoms with van der Waals surface area (Å²) in [7, 11) is 0. The number of halogens is 1. The maximum absolute atomic E-state index is 5.93. The van der Waals surface area contributed by atoms with Gasteiger partial charge in [-0.05, 0) is 66.8 Å². The van der Waals surface area contributed by atoms with Crippen molar-refractivity contribution in [3.63, 3.8) is 0 Å². The van der Waals surface area contributed by atoms with E-state index in [0.29, 0.717) is 0 Å². The fourth-order valence-electron chi connectivity index (χ4n) is 2.72. The summed E-state index contributed by atoms with van der Waals surface area (Å²) in [6, 6.07) is 19.9. The van der Waals surface area contributed by atoms with Gasteiger partial charge < -0.3 is 5.73 Å². The highest BCUT2D eigenvalue weighted by molar-refractivity contribution is 6.30. The van der Waals surface area contributed by atoms with E-state index in [-0.39, 0.29) is 6.04 Å². The average Bonchev–Trinajstić information content (AvgIpc) is 2.67. The van der Waals surface area contributed by atoms with Gasteiger partial charge in [-0.1, -0.05) is 53.9 Å². The molecular weight excluding hydrogens is 352 g/mol. The third-order valence-corrected chi connectivity index (χ3v) is 4.38. The number of rotatable bonds is 3. The number of nitrogens with two attached hydrogens (primary N) is 1. The molecule has 0 saturated heterocycles. The second kappa shape index (κ2) is 8.68. The summed E-state index contributed by atoms with van der Waals surface area (Å²) in [4.78, 5) is 4.44. The van der Waals surface area contributed by atoms with Gasteiger partial charge >= 0.3 is 0 Å². The van der Waals surface area contributed by atoms with Gasteiger partial charge in [0.2, 0.25) is 0 Å². The fraction of sp³-hybridized carbons (Fsp3) is 0.125. The first-order valence-electron chi connectivity index (χ1n) is 8.80. The van der Waals surface area contributed by atoms with Crippen molar-refractivity contribution in [2.45, 2.75) is 19.9 Å². The second-order valence-corrected chi connectivity index (χ2v) is 6.91. The Hall–Kier alpha value is -2.86. The van der Waals surface area contributed by atoms with Crippen LogP contribution in [0.15, 0.2) is 72.9 Å². The Morgan fingerprint density at radius 3 is 2.22 bits per heavy atom. The van der Waals surface area contributed by atoms with Gasteiger partial charge in [0, 0.05) is 28.4 Å². The van der Waals surface area contributed by atoms with Crippen molar-refractivity contribution < 1.29 is 0 Å². The van der Waals surface area contributed by atoms with E-state index in [1.165, 1.54) is 5.57 Å². The van der Waals surface area contributed by atoms with Gasteiger partial charge in [-0.3, -0.25) is 0 Å². The number of hydrogen-bond acceptors (Lipinski definition) is 2. The molecule has 134 valence electrons. The van der Waals surface area contributed by atoms with E-state index >= 15 is 0 Å². The SMILES string of the molecule is C/C(=C/[C@H](C)N)c1ccc(C#Cc2ccc(-c3ccc(Cl)cc3)cn2)cc1. The predicted molar refractivity (Wildman–Crippen MR) is 114 cm³/mol. The van der Waals surface area contributed by atoms with Gasteiger partial charge in [0.15, 0.2) is 0 Å². The molecule has 3 rings (SSSR count). The Bertz CT molecular complexity index is 987. The van der Waals surface area contributed by atoms with Crippen LogP contribution < -0.4 is 5.73 Å². The molecule has 0 bridgehead atoms. The van der Waals surface area contributed by atoms with Crippen LogP contribution in [0, 0.1) is 11.8 Å². The summed E-state index contributed by atoms with van der Waals surface area (Å²) in [6.07, 6.45) is 3.88. The standard InChI is InChI=1S/C24H21ClN2/c1-17(15-18(2)26)20-6-3-19(4-7-20)5-13-24-14-10-22(16-27-24)21-8-11-23(25)12-9-21/h3-4,6-12,14-16,18H,26H2,1-2H3/b17-15-/t18-/m0/s1. The molecule has 0 aliphatic carbocycles. The molecule has 1 atom stereocenters. The van der Waals surface area contributed by atoms with Crippen LogP contribution >= 0.6 is 11.6 Å². The number of allylic oxidation sites excluding steroid dienone is 1. The molecule has 0 aliphatic rings. The third kappa shape index (κ3) is 5.31. The zero-order valence-electron chi connectivity index (χ0n) is 15.4. The molecule has 2 N–H and O–H groups in total. The zero-order chi connectivity index (χ0) is 19.2. The lowest BCUT2D eigenvalue weighted by molar-refractivity contribution is 0.927. The van der Waals surface area contributed by atoms with Crippen molar-refractivity contribution >= 4 is 17.2 Å². The highest BCUT2D eigenvalue weighted by Gasteiger charge is 1.99. The summed E-state index contributed by atoms with van der Waals surface area (Å²) in [5.41, 5.74) is 12.0. The Morgan fingerprint density at radius 1 is 0.963 bits per heavy atom. The predicted octanol–water partition coefficient (Wildman–Crippen LogP) is 5.55. The molecule has 0 spiro atoms. The maximum Gasteiger partial charge on any atom is 0.113 e. The highest BCUT2D eigenvalue weighted by Crippen LogP contribution is 2.20. The number of benzene rings is 2. The van der Waals surface area contributed by atoms with Crippen molar-refractivity contribution in [3.8, 4) is 23.0 Å². The molecule has 3 heteroatoms. The second-order valence-electron chi connectivity index (χ2n) is 6.48. The van der Waals surface area contributed by atoms with E-state index in [0.717, 1.165) is 33.0 Å². The molecular formula is C24H21ClN2. The van der Waals surface area contributed by atoms with Crippen LogP contribution in [-0.2, 0) is 0 Å². The minimum atomic E-state index is 0.0476. The Labute approximate surface area is 165 Å². The fourth-order valence-corrected chi connectivity index (χ4v) is 2.85. The monoisotopic (exact) mass is 372 g/mol. The molecule has 1 heterocycles. The van der Waals surface area contributed by atoms with Crippen LogP contribution in [0.5, 0.6) is 0 Å². The van der Waals surface area contributed by atoms with Crippen molar-refractivity contribution in [2.75, 3.05) is 0 Å². The van der Waals surface area contributed by atoms with E-state index in [1.807, 2.05) is 67.7 Å². The van der Waals surface area contributed by atoms with Crippen molar-refractivity contribution in [1.82, 2.24) is 4.98 Å². The van der Waals surface area contributed by atoms with Crippen molar-refractivity contribution in [3.05, 3.63) is 94.8 Å². The van der Waals surface area contributed by atoms with E-state index in [1.54, 1.807) is 0 Å². The lowest BCUT2D eigenvalue weighted by atomic mass is 10.0. The molecule has 2 aromatic carbocycles. The summed E-state index contributed by atoms with van der Waals surface area (Å²) in [5, 5.41) is 0.725. The van der Waals surface area contributed by atoms with Gasteiger partial charge in [0.1, 0.15) is 5.69 Å². The first-order chi connectivity index (χ1) is 13.0. The molecule has 0 amide bonds. The van der Waals surface area contributed by atoms with Crippen molar-refractivity contribution in [1.29, 1.82) is 0 Å². The minimum Gasteiger partial charge on any atom is -0.325 e. The van der Waals surface area contributed by atoms with E-state index < -0.39 is 0 Å². The number of pyridine rings is 1. The van der Waals surface area contributed by atoms with Crippen molar-refractivity contribution in [2.24, 2.45) is 5.73 Å². The molecule has 0 unspecified atom stereocenters. The zero-order valence-corrected chi connectivity index (χ0v) is 16.2. The quantitative estimate of drug-likeness (QED) is 0.612. The van der Waals surface area contributed by atoms with E-state index in [9.17, 15) is 0 Å². The lowest BCUT2D eigenvalue weighted by Crippen LogP contribution is -2.10. The van der Waals surface area contributed by atoms with Crippen LogP contribution in [0.4, 0.5) is 0 Å². The minimum absolute atomic E-state index is 0.0476. The summed E-state index contributed by atoms with van der Waals surface area (Å²) < 4.78 is 0. The van der Waals surface area contributed by atoms with Gasteiger partial charge in [0.25, 0.3) is 0 Å². The van der Waals surface area contributed by atoms with Crippen LogP contribution in [0.2, 0.25) is 5.02 Å². The summed E-state index contributed by atoms with van der Waals surface area (Å²) >= 11 is 5.93. The molecule has 1 aromatic heterocycles. The van der Waals surface area contributed by atoms with Gasteiger partial charge in [0.05, 0.1) is 0 Å². The van der Waals surface area contributed by atoms with E-state index in [4.69, 9.17) is 17.3 Å². The normalized spacial score (nSPS) is 12.2. The average molecular weight is 373 g/mol. The summed E-state index contributed by atoms with van der Waals surface area (Å²) in [5.74, 6) is 6.27. The molecule has 0 saturated carbocycles. The molecule has 2 nitrogen and oxygen atoms in total. The molecule has 0 fully saturated rings. The first kappa shape index (κ1) is 18.9. The number of aromatic nitrogens is 1. The molecule has 0 radical (unpaired) electrons. The summed E-state index contributed by atoms with van der Waals surface area (Å²) in [6.45, 7) is 4.03. The number of hydrogen-bond donors (Lipinski definition) is 1. The van der Waals surface area contributed by atoms with Gasteiger partial charge in [-0.25, -0.2) is 4.98 Å². The van der Waals surface area contributed by atoms with Crippen LogP contribution in [0.3, 0.4) is 0 Å². The molecule has 0 aliphatic heterocycles. The maximum atomic E-state index is 5.93. The highest BCUT2D eigenvalue weighted by atomic mass is 35.5. The van der Waals surface area contributed by atoms with Crippen LogP contribution in [0.25, 0.3) is 16.7 Å². The smallest absolute Gasteiger partial charge is 0.113 e. The molecule has 3 aromatic rings. The van der Waals surface area contributed by atoms with Crippen LogP contribution in [-0.4, -0.2) is 11.0 Å². The third-order valence-electron chi connectivity index (χ3n) is 4.13. The van der Waals surface area contributed by atoms with Gasteiger partial charge in [-0.15, -0.1) is 0 Å². The number of nitrogens with zero attached hydrogens (tertiary/aromatic N) is 1. The van der Waals surface area contributed by atoms with Gasteiger partial charge in [-0.2, -0.15) is 0 Å². The van der Waals surface area contributed by atoms with E-state index in [2.05, 4.69) is 35.9 Å². The largest absolute Gasteiger partial charge is 0.325 e. The Kier molecular flexibility index (Phi) is 6.08. The van der Waals surface area contributed by atoms with Crippen LogP contribution in [0.1, 0.15) is 30.7 Å². The lowest BCUT2D eigenvalue weighted by Gasteiger charge is -2.04. The Balaban J connectivity index is 1.73. The molecule has 27 heavy (non-hydrogen) atoms. The Morgan fingerprint density at radius 2 is 1.63 bits per heavy atom.